The van der Waals surface area contributed by atoms with E-state index in [9.17, 15) is 4.79 Å². The van der Waals surface area contributed by atoms with Crippen LogP contribution in [0.1, 0.15) is 22.7 Å². The Morgan fingerprint density at radius 3 is 2.70 bits per heavy atom. The zero-order valence-corrected chi connectivity index (χ0v) is 15.5. The van der Waals surface area contributed by atoms with Crippen LogP contribution < -0.4 is 5.32 Å². The fourth-order valence-electron chi connectivity index (χ4n) is 3.88. The number of pyridine rings is 1. The second-order valence-corrected chi connectivity index (χ2v) is 7.08. The van der Waals surface area contributed by atoms with Gasteiger partial charge in [0, 0.05) is 45.1 Å². The van der Waals surface area contributed by atoms with Gasteiger partial charge < -0.3 is 15.0 Å². The highest BCUT2D eigenvalue weighted by molar-refractivity contribution is 5.74. The van der Waals surface area contributed by atoms with Gasteiger partial charge in [-0.2, -0.15) is 0 Å². The van der Waals surface area contributed by atoms with E-state index >= 15 is 0 Å². The van der Waals surface area contributed by atoms with Crippen LogP contribution in [0.4, 0.5) is 4.79 Å². The van der Waals surface area contributed by atoms with Crippen molar-refractivity contribution in [3.63, 3.8) is 0 Å². The molecule has 0 spiro atoms. The van der Waals surface area contributed by atoms with Crippen molar-refractivity contribution in [2.24, 2.45) is 0 Å². The van der Waals surface area contributed by atoms with E-state index in [-0.39, 0.29) is 12.1 Å². The first-order valence-electron chi connectivity index (χ1n) is 9.62. The fraction of sp³-hybridized carbons (Fsp3) is 0.429. The fourth-order valence-corrected chi connectivity index (χ4v) is 3.88. The maximum atomic E-state index is 12.8. The largest absolute Gasteiger partial charge is 0.379 e. The quantitative estimate of drug-likeness (QED) is 0.902. The molecule has 2 amide bonds. The Kier molecular flexibility index (Phi) is 5.65. The summed E-state index contributed by atoms with van der Waals surface area (Å²) in [6.45, 7) is 5.21. The number of morpholine rings is 1. The van der Waals surface area contributed by atoms with E-state index in [1.807, 2.05) is 23.2 Å². The molecule has 3 heterocycles. The zero-order valence-electron chi connectivity index (χ0n) is 15.5. The Morgan fingerprint density at radius 1 is 1.11 bits per heavy atom. The average Bonchev–Trinajstić information content (AvgIpc) is 2.75. The van der Waals surface area contributed by atoms with Gasteiger partial charge in [0.2, 0.25) is 0 Å². The molecule has 1 atom stereocenters. The maximum absolute atomic E-state index is 12.8. The summed E-state index contributed by atoms with van der Waals surface area (Å²) in [6, 6.07) is 12.5. The van der Waals surface area contributed by atoms with Crippen LogP contribution in [0.15, 0.2) is 48.8 Å². The molecule has 2 aliphatic rings. The van der Waals surface area contributed by atoms with Gasteiger partial charge in [-0.05, 0) is 29.2 Å². The van der Waals surface area contributed by atoms with Gasteiger partial charge in [0.05, 0.1) is 19.3 Å². The number of rotatable bonds is 4. The molecule has 2 aromatic rings. The Bertz CT molecular complexity index is 762. The predicted octanol–water partition coefficient (Wildman–Crippen LogP) is 2.22. The average molecular weight is 366 g/mol. The van der Waals surface area contributed by atoms with Crippen LogP contribution >= 0.6 is 0 Å². The third kappa shape index (κ3) is 4.28. The number of nitrogens with zero attached hydrogens (tertiary/aromatic N) is 3. The Labute approximate surface area is 160 Å². The number of ether oxygens (including phenoxy) is 1. The van der Waals surface area contributed by atoms with Crippen LogP contribution in [0.2, 0.25) is 0 Å². The van der Waals surface area contributed by atoms with Crippen LogP contribution in [-0.4, -0.2) is 60.2 Å². The van der Waals surface area contributed by atoms with E-state index < -0.39 is 0 Å². The van der Waals surface area contributed by atoms with Crippen molar-refractivity contribution in [3.05, 3.63) is 65.5 Å². The number of benzene rings is 1. The lowest BCUT2D eigenvalue weighted by molar-refractivity contribution is 0.0164. The first kappa shape index (κ1) is 17.9. The number of amides is 2. The summed E-state index contributed by atoms with van der Waals surface area (Å²) in [4.78, 5) is 21.3. The van der Waals surface area contributed by atoms with E-state index in [0.29, 0.717) is 13.1 Å². The van der Waals surface area contributed by atoms with Gasteiger partial charge in [-0.25, -0.2) is 4.79 Å². The number of aromatic nitrogens is 1. The summed E-state index contributed by atoms with van der Waals surface area (Å²) in [5, 5.41) is 3.16. The first-order chi connectivity index (χ1) is 13.3. The zero-order chi connectivity index (χ0) is 18.5. The molecule has 1 aromatic heterocycles. The number of carbonyl (C=O) groups excluding carboxylic acids is 1. The molecular formula is C21H26N4O2. The number of hydrogen-bond donors (Lipinski definition) is 1. The van der Waals surface area contributed by atoms with Crippen molar-refractivity contribution >= 4 is 6.03 Å². The van der Waals surface area contributed by atoms with Crippen LogP contribution in [0.3, 0.4) is 0 Å². The molecule has 1 aromatic carbocycles. The van der Waals surface area contributed by atoms with Crippen LogP contribution in [0, 0.1) is 0 Å². The Morgan fingerprint density at radius 2 is 1.93 bits per heavy atom. The van der Waals surface area contributed by atoms with Crippen molar-refractivity contribution in [1.82, 2.24) is 20.1 Å². The van der Waals surface area contributed by atoms with Gasteiger partial charge in [0.15, 0.2) is 0 Å². The summed E-state index contributed by atoms with van der Waals surface area (Å²) in [5.74, 6) is 0. The molecule has 0 unspecified atom stereocenters. The number of carbonyl (C=O) groups is 1. The molecule has 0 radical (unpaired) electrons. The standard InChI is InChI=1S/C21H26N4O2/c26-21(25-9-7-17-4-1-2-5-19(17)16-25)23-15-20(18-6-3-8-22-14-18)24-10-12-27-13-11-24/h1-6,8,14,20H,7,9-13,15-16H2,(H,23,26)/t20-/m1/s1. The third-order valence-corrected chi connectivity index (χ3v) is 5.42. The molecule has 2 aliphatic heterocycles. The molecule has 6 heteroatoms. The molecule has 1 fully saturated rings. The lowest BCUT2D eigenvalue weighted by Crippen LogP contribution is -2.47. The highest BCUT2D eigenvalue weighted by Gasteiger charge is 2.25. The topological polar surface area (TPSA) is 57.7 Å². The number of urea groups is 1. The second kappa shape index (κ2) is 8.50. The lowest BCUT2D eigenvalue weighted by Gasteiger charge is -2.35. The van der Waals surface area contributed by atoms with Crippen molar-refractivity contribution in [1.29, 1.82) is 0 Å². The van der Waals surface area contributed by atoms with E-state index in [4.69, 9.17) is 4.74 Å². The molecule has 1 N–H and O–H groups in total. The number of fused-ring (bicyclic) bond motifs is 1. The molecule has 0 bridgehead atoms. The minimum atomic E-state index is 0.00616. The summed E-state index contributed by atoms with van der Waals surface area (Å²) in [7, 11) is 0. The molecule has 4 rings (SSSR count). The third-order valence-electron chi connectivity index (χ3n) is 5.42. The van der Waals surface area contributed by atoms with Crippen LogP contribution in [0.5, 0.6) is 0 Å². The summed E-state index contributed by atoms with van der Waals surface area (Å²) in [5.41, 5.74) is 3.72. The minimum absolute atomic E-state index is 0.00616. The van der Waals surface area contributed by atoms with Gasteiger partial charge in [-0.15, -0.1) is 0 Å². The van der Waals surface area contributed by atoms with E-state index in [1.165, 1.54) is 11.1 Å². The van der Waals surface area contributed by atoms with E-state index in [0.717, 1.165) is 44.8 Å². The normalized spacial score (nSPS) is 18.6. The maximum Gasteiger partial charge on any atom is 0.317 e. The van der Waals surface area contributed by atoms with E-state index in [1.54, 1.807) is 6.20 Å². The van der Waals surface area contributed by atoms with Gasteiger partial charge >= 0.3 is 6.03 Å². The van der Waals surface area contributed by atoms with Gasteiger partial charge in [0.25, 0.3) is 0 Å². The molecule has 0 saturated carbocycles. The highest BCUT2D eigenvalue weighted by atomic mass is 16.5. The lowest BCUT2D eigenvalue weighted by atomic mass is 10.0. The van der Waals surface area contributed by atoms with Gasteiger partial charge in [-0.3, -0.25) is 9.88 Å². The van der Waals surface area contributed by atoms with Gasteiger partial charge in [-0.1, -0.05) is 30.3 Å². The molecule has 6 nitrogen and oxygen atoms in total. The molecule has 1 saturated heterocycles. The number of hydrogen-bond acceptors (Lipinski definition) is 4. The summed E-state index contributed by atoms with van der Waals surface area (Å²) < 4.78 is 5.49. The second-order valence-electron chi connectivity index (χ2n) is 7.08. The smallest absolute Gasteiger partial charge is 0.317 e. The van der Waals surface area contributed by atoms with Crippen molar-refractivity contribution in [3.8, 4) is 0 Å². The summed E-state index contributed by atoms with van der Waals surface area (Å²) in [6.07, 6.45) is 4.59. The van der Waals surface area contributed by atoms with Crippen molar-refractivity contribution < 1.29 is 9.53 Å². The Hall–Kier alpha value is -2.44. The van der Waals surface area contributed by atoms with Crippen LogP contribution in [0.25, 0.3) is 0 Å². The highest BCUT2D eigenvalue weighted by Crippen LogP contribution is 2.21. The Balaban J connectivity index is 1.41. The van der Waals surface area contributed by atoms with Gasteiger partial charge in [0.1, 0.15) is 0 Å². The molecular weight excluding hydrogens is 340 g/mol. The minimum Gasteiger partial charge on any atom is -0.379 e. The molecule has 0 aliphatic carbocycles. The van der Waals surface area contributed by atoms with Crippen LogP contribution in [-0.2, 0) is 17.7 Å². The molecule has 142 valence electrons. The van der Waals surface area contributed by atoms with Crippen molar-refractivity contribution in [2.45, 2.75) is 19.0 Å². The molecule has 27 heavy (non-hydrogen) atoms. The van der Waals surface area contributed by atoms with Crippen molar-refractivity contribution in [2.75, 3.05) is 39.4 Å². The first-order valence-corrected chi connectivity index (χ1v) is 9.62. The number of nitrogens with one attached hydrogen (secondary N) is 1. The predicted molar refractivity (Wildman–Crippen MR) is 103 cm³/mol. The SMILES string of the molecule is O=C(NC[C@H](c1cccnc1)N1CCOCC1)N1CCc2ccccc2C1. The van der Waals surface area contributed by atoms with E-state index in [2.05, 4.69) is 39.5 Å². The monoisotopic (exact) mass is 366 g/mol. The summed E-state index contributed by atoms with van der Waals surface area (Å²) >= 11 is 0.